The highest BCUT2D eigenvalue weighted by atomic mass is 16.4. The van der Waals surface area contributed by atoms with Crippen LogP contribution in [0.4, 0.5) is 0 Å². The monoisotopic (exact) mass is 309 g/mol. The molecule has 2 fully saturated rings. The van der Waals surface area contributed by atoms with E-state index in [0.29, 0.717) is 18.3 Å². The smallest absolute Gasteiger partial charge is 0.326 e. The van der Waals surface area contributed by atoms with Crippen LogP contribution in [0.1, 0.15) is 41.5 Å². The summed E-state index contributed by atoms with van der Waals surface area (Å²) in [4.78, 5) is 29.6. The van der Waals surface area contributed by atoms with Crippen molar-refractivity contribution >= 4 is 17.7 Å². The number of carboxylic acids is 1. The normalized spacial score (nSPS) is 30.0. The SMILES string of the molecule is CC(=NCC(=O)N1CC2C(C1C(=O)O)C2(C)C)NC(C)(C)C. The summed E-state index contributed by atoms with van der Waals surface area (Å²) in [5, 5.41) is 12.6. The Morgan fingerprint density at radius 1 is 1.36 bits per heavy atom. The molecular weight excluding hydrogens is 282 g/mol. The highest BCUT2D eigenvalue weighted by Crippen LogP contribution is 2.64. The van der Waals surface area contributed by atoms with E-state index in [9.17, 15) is 14.7 Å². The Labute approximate surface area is 132 Å². The number of hydrogen-bond acceptors (Lipinski definition) is 3. The molecule has 0 spiro atoms. The average Bonchev–Trinajstić information content (AvgIpc) is 2.74. The molecule has 1 saturated carbocycles. The number of aliphatic carboxylic acids is 1. The number of carbonyl (C=O) groups is 2. The number of carbonyl (C=O) groups excluding carboxylic acids is 1. The van der Waals surface area contributed by atoms with Gasteiger partial charge in [-0.25, -0.2) is 4.79 Å². The molecular formula is C16H27N3O3. The molecule has 2 aliphatic rings. The molecule has 1 heterocycles. The first-order valence-electron chi connectivity index (χ1n) is 7.76. The van der Waals surface area contributed by atoms with Crippen molar-refractivity contribution in [2.24, 2.45) is 22.2 Å². The van der Waals surface area contributed by atoms with Crippen molar-refractivity contribution in [2.75, 3.05) is 13.1 Å². The maximum Gasteiger partial charge on any atom is 0.326 e. The Morgan fingerprint density at radius 2 is 1.95 bits per heavy atom. The molecule has 1 aliphatic heterocycles. The quantitative estimate of drug-likeness (QED) is 0.609. The van der Waals surface area contributed by atoms with Crippen LogP contribution in [0.2, 0.25) is 0 Å². The van der Waals surface area contributed by atoms with E-state index in [-0.39, 0.29) is 29.3 Å². The van der Waals surface area contributed by atoms with E-state index < -0.39 is 12.0 Å². The second kappa shape index (κ2) is 5.25. The lowest BCUT2D eigenvalue weighted by molar-refractivity contribution is -0.149. The molecule has 0 aromatic carbocycles. The van der Waals surface area contributed by atoms with Gasteiger partial charge in [-0.15, -0.1) is 0 Å². The van der Waals surface area contributed by atoms with Gasteiger partial charge < -0.3 is 15.3 Å². The summed E-state index contributed by atoms with van der Waals surface area (Å²) in [7, 11) is 0. The third-order valence-electron chi connectivity index (χ3n) is 4.79. The topological polar surface area (TPSA) is 82.0 Å². The minimum atomic E-state index is -0.903. The summed E-state index contributed by atoms with van der Waals surface area (Å²) in [5.41, 5.74) is -0.0770. The lowest BCUT2D eigenvalue weighted by Crippen LogP contribution is -2.46. The highest BCUT2D eigenvalue weighted by Gasteiger charge is 2.69. The summed E-state index contributed by atoms with van der Waals surface area (Å²) in [5.74, 6) is -0.0372. The molecule has 6 nitrogen and oxygen atoms in total. The maximum atomic E-state index is 12.3. The summed E-state index contributed by atoms with van der Waals surface area (Å²) >= 11 is 0. The summed E-state index contributed by atoms with van der Waals surface area (Å²) in [6.07, 6.45) is 0. The predicted molar refractivity (Wildman–Crippen MR) is 84.8 cm³/mol. The van der Waals surface area contributed by atoms with Crippen LogP contribution in [-0.2, 0) is 9.59 Å². The molecule has 124 valence electrons. The second-order valence-corrected chi connectivity index (χ2v) is 8.06. The van der Waals surface area contributed by atoms with Gasteiger partial charge in [0.1, 0.15) is 12.6 Å². The fourth-order valence-electron chi connectivity index (χ4n) is 3.68. The Morgan fingerprint density at radius 3 is 2.45 bits per heavy atom. The molecule has 0 bridgehead atoms. The van der Waals surface area contributed by atoms with Crippen molar-refractivity contribution in [3.05, 3.63) is 0 Å². The zero-order valence-corrected chi connectivity index (χ0v) is 14.3. The van der Waals surface area contributed by atoms with Crippen LogP contribution in [0.5, 0.6) is 0 Å². The number of amides is 1. The van der Waals surface area contributed by atoms with Gasteiger partial charge in [-0.3, -0.25) is 9.79 Å². The number of fused-ring (bicyclic) bond motifs is 1. The lowest BCUT2D eigenvalue weighted by Gasteiger charge is -2.27. The standard InChI is InChI=1S/C16H27N3O3/c1-9(18-15(2,3)4)17-7-11(20)19-8-10-12(16(10,5)6)13(19)14(21)22/h10,12-13H,7-8H2,1-6H3,(H,17,18)(H,21,22). The van der Waals surface area contributed by atoms with Gasteiger partial charge in [0.05, 0.1) is 5.84 Å². The number of nitrogens with zero attached hydrogens (tertiary/aromatic N) is 2. The Balaban J connectivity index is 1.99. The number of aliphatic imine (C=N–C) groups is 1. The van der Waals surface area contributed by atoms with E-state index in [0.717, 1.165) is 0 Å². The maximum absolute atomic E-state index is 12.3. The number of nitrogens with one attached hydrogen (secondary N) is 1. The fourth-order valence-corrected chi connectivity index (χ4v) is 3.68. The van der Waals surface area contributed by atoms with E-state index >= 15 is 0 Å². The first-order valence-corrected chi connectivity index (χ1v) is 7.76. The van der Waals surface area contributed by atoms with Gasteiger partial charge in [0.15, 0.2) is 0 Å². The number of carboxylic acid groups (broad SMARTS) is 1. The van der Waals surface area contributed by atoms with Crippen molar-refractivity contribution in [3.63, 3.8) is 0 Å². The van der Waals surface area contributed by atoms with Crippen LogP contribution in [0.15, 0.2) is 4.99 Å². The van der Waals surface area contributed by atoms with Gasteiger partial charge in [0.25, 0.3) is 0 Å². The lowest BCUT2D eigenvalue weighted by atomic mass is 10.0. The zero-order valence-electron chi connectivity index (χ0n) is 14.3. The highest BCUT2D eigenvalue weighted by molar-refractivity contribution is 5.89. The largest absolute Gasteiger partial charge is 0.480 e. The Bertz CT molecular complexity index is 519. The van der Waals surface area contributed by atoms with Crippen LogP contribution in [-0.4, -0.2) is 52.4 Å². The average molecular weight is 309 g/mol. The third kappa shape index (κ3) is 3.10. The Kier molecular flexibility index (Phi) is 4.00. The van der Waals surface area contributed by atoms with Crippen LogP contribution >= 0.6 is 0 Å². The molecule has 0 aromatic heterocycles. The van der Waals surface area contributed by atoms with Gasteiger partial charge >= 0.3 is 5.97 Å². The molecule has 2 N–H and O–H groups in total. The molecule has 1 aliphatic carbocycles. The molecule has 3 atom stereocenters. The number of likely N-dealkylation sites (tertiary alicyclic amines) is 1. The van der Waals surface area contributed by atoms with Gasteiger partial charge in [0, 0.05) is 18.0 Å². The summed E-state index contributed by atoms with van der Waals surface area (Å²) in [6, 6.07) is -0.696. The number of rotatable bonds is 3. The van der Waals surface area contributed by atoms with Gasteiger partial charge in [0.2, 0.25) is 5.91 Å². The summed E-state index contributed by atoms with van der Waals surface area (Å²) in [6.45, 7) is 12.6. The van der Waals surface area contributed by atoms with Crippen LogP contribution in [0.3, 0.4) is 0 Å². The van der Waals surface area contributed by atoms with Crippen LogP contribution < -0.4 is 5.32 Å². The van der Waals surface area contributed by atoms with Crippen LogP contribution in [0.25, 0.3) is 0 Å². The van der Waals surface area contributed by atoms with Gasteiger partial charge in [-0.2, -0.15) is 0 Å². The molecule has 0 radical (unpaired) electrons. The first kappa shape index (κ1) is 16.8. The minimum Gasteiger partial charge on any atom is -0.480 e. The van der Waals surface area contributed by atoms with Gasteiger partial charge in [-0.05, 0) is 39.0 Å². The minimum absolute atomic E-state index is 0.00143. The second-order valence-electron chi connectivity index (χ2n) is 8.06. The van der Waals surface area contributed by atoms with Crippen molar-refractivity contribution < 1.29 is 14.7 Å². The van der Waals surface area contributed by atoms with E-state index in [2.05, 4.69) is 24.2 Å². The van der Waals surface area contributed by atoms with E-state index in [4.69, 9.17) is 0 Å². The molecule has 1 amide bonds. The van der Waals surface area contributed by atoms with Crippen LogP contribution in [0, 0.1) is 17.3 Å². The molecule has 22 heavy (non-hydrogen) atoms. The van der Waals surface area contributed by atoms with E-state index in [1.165, 1.54) is 4.90 Å². The molecule has 6 heteroatoms. The summed E-state index contributed by atoms with van der Waals surface area (Å²) < 4.78 is 0. The van der Waals surface area contributed by atoms with Gasteiger partial charge in [-0.1, -0.05) is 13.8 Å². The molecule has 1 saturated heterocycles. The van der Waals surface area contributed by atoms with Crippen molar-refractivity contribution in [1.29, 1.82) is 0 Å². The van der Waals surface area contributed by atoms with Crippen molar-refractivity contribution in [3.8, 4) is 0 Å². The molecule has 3 unspecified atom stereocenters. The first-order chi connectivity index (χ1) is 9.95. The zero-order chi connectivity index (χ0) is 16.9. The Hall–Kier alpha value is -1.59. The van der Waals surface area contributed by atoms with Crippen molar-refractivity contribution in [2.45, 2.75) is 53.1 Å². The predicted octanol–water partition coefficient (Wildman–Crippen LogP) is 1.36. The number of piperidine rings is 1. The van der Waals surface area contributed by atoms with E-state index in [1.54, 1.807) is 0 Å². The van der Waals surface area contributed by atoms with Crippen molar-refractivity contribution in [1.82, 2.24) is 10.2 Å². The third-order valence-corrected chi connectivity index (χ3v) is 4.79. The van der Waals surface area contributed by atoms with E-state index in [1.807, 2.05) is 27.7 Å². The fraction of sp³-hybridized carbons (Fsp3) is 0.812. The molecule has 0 aromatic rings. The number of hydrogen-bond donors (Lipinski definition) is 2. The molecule has 2 rings (SSSR count). The number of amidine groups is 1.